The number of amides is 1. The molecule has 1 atom stereocenters. The number of ether oxygens (including phenoxy) is 3. The molecule has 8 heteroatoms. The zero-order chi connectivity index (χ0) is 18.5. The molecule has 1 N–H and O–H groups in total. The van der Waals surface area contributed by atoms with E-state index in [0.717, 1.165) is 40.6 Å². The number of rotatable bonds is 6. The van der Waals surface area contributed by atoms with Crippen molar-refractivity contribution in [2.75, 3.05) is 27.4 Å². The third-order valence-electron chi connectivity index (χ3n) is 4.31. The molecule has 1 aromatic heterocycles. The Morgan fingerprint density at radius 2 is 2.11 bits per heavy atom. The first kappa shape index (κ1) is 21.5. The lowest BCUT2D eigenvalue weighted by molar-refractivity contribution is -0.122. The van der Waals surface area contributed by atoms with E-state index >= 15 is 0 Å². The van der Waals surface area contributed by atoms with E-state index in [-0.39, 0.29) is 24.4 Å². The maximum atomic E-state index is 12.5. The quantitative estimate of drug-likeness (QED) is 0.787. The normalized spacial score (nSPS) is 16.3. The van der Waals surface area contributed by atoms with Crippen LogP contribution in [0.2, 0.25) is 0 Å². The first-order valence-electron chi connectivity index (χ1n) is 8.66. The second kappa shape index (κ2) is 9.92. The Hall–Kier alpha value is -1.83. The van der Waals surface area contributed by atoms with Crippen LogP contribution in [0.3, 0.4) is 0 Å². The maximum Gasteiger partial charge on any atom is 0.225 e. The van der Waals surface area contributed by atoms with E-state index in [1.165, 1.54) is 0 Å². The van der Waals surface area contributed by atoms with Gasteiger partial charge in [-0.3, -0.25) is 4.79 Å². The van der Waals surface area contributed by atoms with Crippen molar-refractivity contribution in [3.63, 3.8) is 0 Å². The lowest BCUT2D eigenvalue weighted by Gasteiger charge is -2.23. The molecule has 0 bridgehead atoms. The van der Waals surface area contributed by atoms with Gasteiger partial charge in [0.25, 0.3) is 0 Å². The van der Waals surface area contributed by atoms with Crippen molar-refractivity contribution < 1.29 is 19.0 Å². The monoisotopic (exact) mass is 412 g/mol. The SMILES string of the molecule is COc1ccc(-c2nc(C)sc2CC(=O)NC2CCCOC2)cc1OC.Cl. The largest absolute Gasteiger partial charge is 0.493 e. The zero-order valence-electron chi connectivity index (χ0n) is 15.7. The Balaban J connectivity index is 0.00000261. The first-order chi connectivity index (χ1) is 12.6. The summed E-state index contributed by atoms with van der Waals surface area (Å²) >= 11 is 1.55. The van der Waals surface area contributed by atoms with Crippen LogP contribution >= 0.6 is 23.7 Å². The molecule has 0 radical (unpaired) electrons. The third kappa shape index (κ3) is 5.34. The summed E-state index contributed by atoms with van der Waals surface area (Å²) < 4.78 is 16.1. The van der Waals surface area contributed by atoms with Gasteiger partial charge in [0, 0.05) is 17.0 Å². The molecule has 27 heavy (non-hydrogen) atoms. The summed E-state index contributed by atoms with van der Waals surface area (Å²) in [5, 5.41) is 4.00. The van der Waals surface area contributed by atoms with Gasteiger partial charge < -0.3 is 19.5 Å². The number of aryl methyl sites for hydroxylation is 1. The van der Waals surface area contributed by atoms with Crippen LogP contribution in [0.5, 0.6) is 11.5 Å². The highest BCUT2D eigenvalue weighted by Crippen LogP contribution is 2.35. The minimum atomic E-state index is 0. The predicted molar refractivity (Wildman–Crippen MR) is 108 cm³/mol. The topological polar surface area (TPSA) is 69.7 Å². The molecule has 1 amide bonds. The van der Waals surface area contributed by atoms with Crippen molar-refractivity contribution >= 4 is 29.7 Å². The summed E-state index contributed by atoms with van der Waals surface area (Å²) in [5.74, 6) is 1.32. The van der Waals surface area contributed by atoms with Crippen LogP contribution in [0.15, 0.2) is 18.2 Å². The summed E-state index contributed by atoms with van der Waals surface area (Å²) in [4.78, 5) is 18.0. The number of carbonyl (C=O) groups is 1. The van der Waals surface area contributed by atoms with Gasteiger partial charge in [-0.2, -0.15) is 0 Å². The van der Waals surface area contributed by atoms with Crippen molar-refractivity contribution in [1.82, 2.24) is 10.3 Å². The molecule has 2 aromatic rings. The molecule has 1 aromatic carbocycles. The van der Waals surface area contributed by atoms with Gasteiger partial charge in [-0.25, -0.2) is 4.98 Å². The van der Waals surface area contributed by atoms with Gasteiger partial charge in [0.1, 0.15) is 0 Å². The number of carbonyl (C=O) groups excluding carboxylic acids is 1. The molecule has 1 aliphatic rings. The molecule has 1 saturated heterocycles. The Labute approximate surface area is 169 Å². The average Bonchev–Trinajstić information content (AvgIpc) is 3.01. The number of nitrogens with zero attached hydrogens (tertiary/aromatic N) is 1. The van der Waals surface area contributed by atoms with Crippen LogP contribution in [0.1, 0.15) is 22.7 Å². The molecule has 1 fully saturated rings. The first-order valence-corrected chi connectivity index (χ1v) is 9.48. The van der Waals surface area contributed by atoms with Crippen molar-refractivity contribution in [2.45, 2.75) is 32.2 Å². The van der Waals surface area contributed by atoms with Crippen molar-refractivity contribution in [2.24, 2.45) is 0 Å². The van der Waals surface area contributed by atoms with Gasteiger partial charge in [-0.15, -0.1) is 23.7 Å². The molecule has 3 rings (SSSR count). The number of benzene rings is 1. The smallest absolute Gasteiger partial charge is 0.225 e. The van der Waals surface area contributed by atoms with Crippen molar-refractivity contribution in [1.29, 1.82) is 0 Å². The van der Waals surface area contributed by atoms with Gasteiger partial charge in [0.05, 0.1) is 44.0 Å². The third-order valence-corrected chi connectivity index (χ3v) is 5.28. The van der Waals surface area contributed by atoms with Gasteiger partial charge >= 0.3 is 0 Å². The lowest BCUT2D eigenvalue weighted by atomic mass is 10.1. The van der Waals surface area contributed by atoms with E-state index in [1.54, 1.807) is 25.6 Å². The summed E-state index contributed by atoms with van der Waals surface area (Å²) in [6, 6.07) is 5.79. The number of halogens is 1. The summed E-state index contributed by atoms with van der Waals surface area (Å²) in [6.07, 6.45) is 2.27. The van der Waals surface area contributed by atoms with Gasteiger partial charge in [0.2, 0.25) is 5.91 Å². The number of methoxy groups -OCH3 is 2. The van der Waals surface area contributed by atoms with E-state index in [2.05, 4.69) is 10.3 Å². The van der Waals surface area contributed by atoms with Crippen LogP contribution in [0.4, 0.5) is 0 Å². The Morgan fingerprint density at radius 3 is 2.78 bits per heavy atom. The number of aromatic nitrogens is 1. The highest BCUT2D eigenvalue weighted by Gasteiger charge is 2.20. The van der Waals surface area contributed by atoms with Crippen LogP contribution in [0.25, 0.3) is 11.3 Å². The highest BCUT2D eigenvalue weighted by molar-refractivity contribution is 7.12. The average molecular weight is 413 g/mol. The molecule has 0 spiro atoms. The second-order valence-electron chi connectivity index (χ2n) is 6.23. The van der Waals surface area contributed by atoms with Crippen molar-refractivity contribution in [3.8, 4) is 22.8 Å². The Morgan fingerprint density at radius 1 is 1.33 bits per heavy atom. The lowest BCUT2D eigenvalue weighted by Crippen LogP contribution is -2.41. The number of hydrogen-bond acceptors (Lipinski definition) is 6. The fraction of sp³-hybridized carbons (Fsp3) is 0.474. The van der Waals surface area contributed by atoms with Crippen LogP contribution in [-0.2, 0) is 16.0 Å². The fourth-order valence-electron chi connectivity index (χ4n) is 3.08. The molecule has 0 saturated carbocycles. The fourth-order valence-corrected chi connectivity index (χ4v) is 4.03. The number of hydrogen-bond donors (Lipinski definition) is 1. The van der Waals surface area contributed by atoms with E-state index < -0.39 is 0 Å². The van der Waals surface area contributed by atoms with Gasteiger partial charge in [-0.1, -0.05) is 0 Å². The minimum absolute atomic E-state index is 0. The van der Waals surface area contributed by atoms with E-state index in [0.29, 0.717) is 24.5 Å². The molecule has 1 aliphatic heterocycles. The summed E-state index contributed by atoms with van der Waals surface area (Å²) in [7, 11) is 3.21. The van der Waals surface area contributed by atoms with Crippen LogP contribution < -0.4 is 14.8 Å². The van der Waals surface area contributed by atoms with Gasteiger partial charge in [0.15, 0.2) is 11.5 Å². The molecular formula is C19H25ClN2O4S. The molecule has 2 heterocycles. The maximum absolute atomic E-state index is 12.5. The Kier molecular flexibility index (Phi) is 7.89. The minimum Gasteiger partial charge on any atom is -0.493 e. The van der Waals surface area contributed by atoms with Crippen LogP contribution in [0, 0.1) is 6.92 Å². The van der Waals surface area contributed by atoms with E-state index in [1.807, 2.05) is 25.1 Å². The highest BCUT2D eigenvalue weighted by atomic mass is 35.5. The van der Waals surface area contributed by atoms with E-state index in [4.69, 9.17) is 14.2 Å². The summed E-state index contributed by atoms with van der Waals surface area (Å²) in [5.41, 5.74) is 1.74. The molecule has 0 aliphatic carbocycles. The molecule has 1 unspecified atom stereocenters. The predicted octanol–water partition coefficient (Wildman–Crippen LogP) is 3.40. The standard InChI is InChI=1S/C19H24N2O4S.ClH/c1-12-20-19(13-6-7-15(23-2)16(9-13)24-3)17(26-12)10-18(22)21-14-5-4-8-25-11-14;/h6-7,9,14H,4-5,8,10-11H2,1-3H3,(H,21,22);1H. The summed E-state index contributed by atoms with van der Waals surface area (Å²) in [6.45, 7) is 3.32. The number of nitrogens with one attached hydrogen (secondary N) is 1. The van der Waals surface area contributed by atoms with Gasteiger partial charge in [-0.05, 0) is 38.0 Å². The van der Waals surface area contributed by atoms with E-state index in [9.17, 15) is 4.79 Å². The van der Waals surface area contributed by atoms with Crippen molar-refractivity contribution in [3.05, 3.63) is 28.1 Å². The molecule has 148 valence electrons. The molecular weight excluding hydrogens is 388 g/mol. The number of thiazole rings is 1. The van der Waals surface area contributed by atoms with Crippen LogP contribution in [-0.4, -0.2) is 44.4 Å². The molecule has 6 nitrogen and oxygen atoms in total. The Bertz CT molecular complexity index is 775. The second-order valence-corrected chi connectivity index (χ2v) is 7.52. The zero-order valence-corrected chi connectivity index (χ0v) is 17.4.